The van der Waals surface area contributed by atoms with Crippen LogP contribution in [-0.2, 0) is 23.7 Å². The lowest BCUT2D eigenvalue weighted by Gasteiger charge is -2.41. The molecule has 2 aliphatic heterocycles. The largest absolute Gasteiger partial charge is 0.432 e. The molecule has 2 aliphatic rings. The van der Waals surface area contributed by atoms with Gasteiger partial charge in [-0.2, -0.15) is 0 Å². The molecule has 0 radical (unpaired) electrons. The first-order chi connectivity index (χ1) is 14.8. The summed E-state index contributed by atoms with van der Waals surface area (Å²) in [7, 11) is -2.12. The van der Waals surface area contributed by atoms with E-state index in [1.54, 1.807) is 0 Å². The summed E-state index contributed by atoms with van der Waals surface area (Å²) in [6.45, 7) is 14.4. The molecule has 0 aromatic heterocycles. The molecule has 5 atom stereocenters. The van der Waals surface area contributed by atoms with Crippen molar-refractivity contribution < 1.29 is 28.5 Å². The van der Waals surface area contributed by atoms with Gasteiger partial charge in [0.05, 0.1) is 0 Å². The van der Waals surface area contributed by atoms with Crippen LogP contribution in [0.4, 0.5) is 0 Å². The van der Waals surface area contributed by atoms with Gasteiger partial charge in [0.2, 0.25) is 5.91 Å². The summed E-state index contributed by atoms with van der Waals surface area (Å²) in [6.07, 6.45) is 4.79. The first-order valence-corrected chi connectivity index (χ1v) is 15.0. The Morgan fingerprint density at radius 3 is 2.31 bits per heavy atom. The molecule has 9 heteroatoms. The first kappa shape index (κ1) is 27.7. The molecule has 0 aliphatic carbocycles. The second-order valence-corrected chi connectivity index (χ2v) is 15.4. The normalized spacial score (nSPS) is 30.2. The topological polar surface area (TPSA) is 112 Å². The third-order valence-corrected chi connectivity index (χ3v) is 10.5. The Labute approximate surface area is 195 Å². The number of carbonyl (C=O) groups is 1. The quantitative estimate of drug-likeness (QED) is 0.294. The molecule has 0 aromatic carbocycles. The minimum atomic E-state index is -2.12. The van der Waals surface area contributed by atoms with E-state index in [1.165, 1.54) is 6.92 Å². The molecule has 0 bridgehead atoms. The molecule has 0 spiro atoms. The number of hydrogen-bond donors (Lipinski definition) is 3. The lowest BCUT2D eigenvalue weighted by molar-refractivity contribution is -0.242. The molecule has 2 heterocycles. The minimum absolute atomic E-state index is 0.0468. The van der Waals surface area contributed by atoms with E-state index in [4.69, 9.17) is 24.7 Å². The number of amides is 1. The summed E-state index contributed by atoms with van der Waals surface area (Å²) < 4.78 is 24.2. The van der Waals surface area contributed by atoms with Crippen molar-refractivity contribution in [3.05, 3.63) is 0 Å². The van der Waals surface area contributed by atoms with Gasteiger partial charge in [-0.05, 0) is 44.8 Å². The number of rotatable bonds is 12. The Balaban J connectivity index is 1.78. The SMILES string of the molecule is CC(=O)NC1C(OCCCCCCCC(C)(C)[Si](C)(C)O)OC(CN)C2OC(C)(C)OC12. The third-order valence-electron chi connectivity index (χ3n) is 6.97. The third kappa shape index (κ3) is 7.48. The molecule has 2 fully saturated rings. The van der Waals surface area contributed by atoms with Crippen LogP contribution in [0.1, 0.15) is 73.1 Å². The molecular formula is C23H46N2O6Si. The zero-order valence-electron chi connectivity index (χ0n) is 21.1. The highest BCUT2D eigenvalue weighted by molar-refractivity contribution is 6.72. The highest BCUT2D eigenvalue weighted by Crippen LogP contribution is 2.40. The van der Waals surface area contributed by atoms with Gasteiger partial charge in [-0.15, -0.1) is 0 Å². The number of hydrogen-bond acceptors (Lipinski definition) is 7. The number of nitrogens with one attached hydrogen (secondary N) is 1. The highest BCUT2D eigenvalue weighted by atomic mass is 28.4. The molecule has 32 heavy (non-hydrogen) atoms. The predicted octanol–water partition coefficient (Wildman–Crippen LogP) is 3.03. The van der Waals surface area contributed by atoms with Crippen LogP contribution in [0.15, 0.2) is 0 Å². The summed E-state index contributed by atoms with van der Waals surface area (Å²) in [5, 5.41) is 2.98. The fraction of sp³-hybridized carbons (Fsp3) is 0.957. The van der Waals surface area contributed by atoms with E-state index in [0.29, 0.717) is 6.61 Å². The molecule has 5 unspecified atom stereocenters. The average Bonchev–Trinajstić information content (AvgIpc) is 2.99. The highest BCUT2D eigenvalue weighted by Gasteiger charge is 2.55. The summed E-state index contributed by atoms with van der Waals surface area (Å²) in [6, 6.07) is -0.449. The monoisotopic (exact) mass is 474 g/mol. The van der Waals surface area contributed by atoms with Crippen LogP contribution in [0.25, 0.3) is 0 Å². The smallest absolute Gasteiger partial charge is 0.217 e. The van der Waals surface area contributed by atoms with Gasteiger partial charge in [0.1, 0.15) is 24.4 Å². The van der Waals surface area contributed by atoms with Crippen molar-refractivity contribution >= 4 is 14.2 Å². The van der Waals surface area contributed by atoms with E-state index in [9.17, 15) is 9.59 Å². The molecule has 1 amide bonds. The Morgan fingerprint density at radius 1 is 1.12 bits per heavy atom. The van der Waals surface area contributed by atoms with Crippen molar-refractivity contribution in [3.8, 4) is 0 Å². The lowest BCUT2D eigenvalue weighted by Crippen LogP contribution is -2.64. The van der Waals surface area contributed by atoms with E-state index in [2.05, 4.69) is 19.2 Å². The van der Waals surface area contributed by atoms with E-state index in [1.807, 2.05) is 26.9 Å². The van der Waals surface area contributed by atoms with Gasteiger partial charge in [0.25, 0.3) is 0 Å². The van der Waals surface area contributed by atoms with E-state index >= 15 is 0 Å². The molecule has 0 saturated carbocycles. The Kier molecular flexibility index (Phi) is 9.73. The molecular weight excluding hydrogens is 428 g/mol. The van der Waals surface area contributed by atoms with Crippen LogP contribution >= 0.6 is 0 Å². The molecule has 8 nitrogen and oxygen atoms in total. The van der Waals surface area contributed by atoms with Crippen LogP contribution in [-0.4, -0.2) is 68.6 Å². The van der Waals surface area contributed by atoms with E-state index < -0.39 is 26.4 Å². The van der Waals surface area contributed by atoms with Gasteiger partial charge in [-0.25, -0.2) is 0 Å². The fourth-order valence-electron chi connectivity index (χ4n) is 4.29. The standard InChI is InChI=1S/C23H46N2O6Si/c1-16(26)25-18-20-19(30-23(4,5)31-20)17(15-24)29-21(18)28-14-12-10-8-9-11-13-22(2,3)32(6,7)27/h17-21,27H,8-15,24H2,1-7H3,(H,25,26). The molecule has 0 aromatic rings. The van der Waals surface area contributed by atoms with Gasteiger partial charge >= 0.3 is 0 Å². The number of ether oxygens (including phenoxy) is 4. The second kappa shape index (κ2) is 11.2. The summed E-state index contributed by atoms with van der Waals surface area (Å²) in [4.78, 5) is 22.2. The minimum Gasteiger partial charge on any atom is -0.432 e. The van der Waals surface area contributed by atoms with Crippen LogP contribution in [0, 0.1) is 0 Å². The Morgan fingerprint density at radius 2 is 1.72 bits per heavy atom. The average molecular weight is 475 g/mol. The predicted molar refractivity (Wildman–Crippen MR) is 127 cm³/mol. The molecule has 2 saturated heterocycles. The second-order valence-electron chi connectivity index (χ2n) is 10.9. The van der Waals surface area contributed by atoms with Gasteiger partial charge in [0.15, 0.2) is 20.4 Å². The van der Waals surface area contributed by atoms with E-state index in [0.717, 1.165) is 38.5 Å². The van der Waals surface area contributed by atoms with Gasteiger partial charge < -0.3 is 34.8 Å². The number of unbranched alkanes of at least 4 members (excludes halogenated alkanes) is 4. The molecule has 4 N–H and O–H groups in total. The van der Waals surface area contributed by atoms with Gasteiger partial charge in [-0.3, -0.25) is 4.79 Å². The van der Waals surface area contributed by atoms with Crippen LogP contribution in [0.5, 0.6) is 0 Å². The maximum absolute atomic E-state index is 11.8. The van der Waals surface area contributed by atoms with Crippen molar-refractivity contribution in [2.75, 3.05) is 13.2 Å². The van der Waals surface area contributed by atoms with Gasteiger partial charge in [-0.1, -0.05) is 39.5 Å². The molecule has 2 rings (SSSR count). The van der Waals surface area contributed by atoms with Crippen LogP contribution in [0.2, 0.25) is 18.1 Å². The van der Waals surface area contributed by atoms with Crippen molar-refractivity contribution in [2.45, 2.75) is 128 Å². The first-order valence-electron chi connectivity index (χ1n) is 12.1. The number of carbonyl (C=O) groups excluding carboxylic acids is 1. The van der Waals surface area contributed by atoms with Crippen LogP contribution < -0.4 is 11.1 Å². The van der Waals surface area contributed by atoms with Crippen molar-refractivity contribution in [3.63, 3.8) is 0 Å². The lowest BCUT2D eigenvalue weighted by atomic mass is 9.96. The fourth-order valence-corrected chi connectivity index (χ4v) is 5.08. The zero-order chi connectivity index (χ0) is 24.2. The summed E-state index contributed by atoms with van der Waals surface area (Å²) in [5.41, 5.74) is 5.92. The summed E-state index contributed by atoms with van der Waals surface area (Å²) >= 11 is 0. The Hall–Kier alpha value is -0.553. The van der Waals surface area contributed by atoms with Crippen molar-refractivity contribution in [1.82, 2.24) is 5.32 Å². The van der Waals surface area contributed by atoms with Gasteiger partial charge in [0, 0.05) is 20.1 Å². The maximum Gasteiger partial charge on any atom is 0.217 e. The summed E-state index contributed by atoms with van der Waals surface area (Å²) in [5.74, 6) is -0.928. The molecule has 188 valence electrons. The number of nitrogens with two attached hydrogens (primary N) is 1. The van der Waals surface area contributed by atoms with Crippen molar-refractivity contribution in [2.24, 2.45) is 5.73 Å². The zero-order valence-corrected chi connectivity index (χ0v) is 22.1. The Bertz CT molecular complexity index is 610. The van der Waals surface area contributed by atoms with Crippen LogP contribution in [0.3, 0.4) is 0 Å². The maximum atomic E-state index is 11.8. The van der Waals surface area contributed by atoms with Crippen molar-refractivity contribution in [1.29, 1.82) is 0 Å². The number of fused-ring (bicyclic) bond motifs is 1. The van der Waals surface area contributed by atoms with E-state index in [-0.39, 0.29) is 35.8 Å².